The summed E-state index contributed by atoms with van der Waals surface area (Å²) in [5.41, 5.74) is 5.93. The van der Waals surface area contributed by atoms with Crippen molar-refractivity contribution in [2.24, 2.45) is 10.7 Å². The van der Waals surface area contributed by atoms with Crippen LogP contribution in [0.15, 0.2) is 4.99 Å². The summed E-state index contributed by atoms with van der Waals surface area (Å²) in [5, 5.41) is 3.21. The molecule has 1 aliphatic rings. The zero-order valence-electron chi connectivity index (χ0n) is 14.0. The third kappa shape index (κ3) is 8.83. The van der Waals surface area contributed by atoms with Crippen molar-refractivity contribution in [2.45, 2.75) is 45.6 Å². The van der Waals surface area contributed by atoms with E-state index in [0.717, 1.165) is 32.7 Å². The largest absolute Gasteiger partial charge is 0.370 e. The Morgan fingerprint density at radius 3 is 2.81 bits per heavy atom. The van der Waals surface area contributed by atoms with Crippen LogP contribution in [0.5, 0.6) is 0 Å². The molecule has 1 aliphatic heterocycles. The first kappa shape index (κ1) is 20.9. The number of nitrogens with zero attached hydrogens (tertiary/aromatic N) is 3. The van der Waals surface area contributed by atoms with Crippen molar-refractivity contribution >= 4 is 29.9 Å². The summed E-state index contributed by atoms with van der Waals surface area (Å²) in [4.78, 5) is 9.31. The smallest absolute Gasteiger partial charge is 0.188 e. The average molecular weight is 411 g/mol. The highest BCUT2D eigenvalue weighted by molar-refractivity contribution is 14.0. The van der Waals surface area contributed by atoms with Crippen molar-refractivity contribution in [3.63, 3.8) is 0 Å². The van der Waals surface area contributed by atoms with E-state index < -0.39 is 0 Å². The summed E-state index contributed by atoms with van der Waals surface area (Å²) in [5.74, 6) is 0.594. The first-order chi connectivity index (χ1) is 9.67. The number of likely N-dealkylation sites (N-methyl/N-ethyl adjacent to an activating group) is 2. The maximum atomic E-state index is 5.93. The number of hydrogen-bond donors (Lipinski definition) is 2. The molecule has 1 unspecified atom stereocenters. The van der Waals surface area contributed by atoms with Gasteiger partial charge in [-0.25, -0.2) is 0 Å². The fraction of sp³-hybridized carbons (Fsp3) is 0.933. The average Bonchev–Trinajstić information content (AvgIpc) is 2.90. The van der Waals surface area contributed by atoms with Gasteiger partial charge in [0.2, 0.25) is 0 Å². The van der Waals surface area contributed by atoms with E-state index in [-0.39, 0.29) is 24.0 Å². The number of halogens is 1. The van der Waals surface area contributed by atoms with Gasteiger partial charge in [0.1, 0.15) is 0 Å². The van der Waals surface area contributed by atoms with E-state index in [1.165, 1.54) is 32.2 Å². The fourth-order valence-corrected chi connectivity index (χ4v) is 2.69. The maximum Gasteiger partial charge on any atom is 0.188 e. The number of likely N-dealkylation sites (tertiary alicyclic amines) is 1. The topological polar surface area (TPSA) is 56.9 Å². The number of rotatable bonds is 9. The molecule has 5 nitrogen and oxygen atoms in total. The monoisotopic (exact) mass is 411 g/mol. The Labute approximate surface area is 147 Å². The zero-order chi connectivity index (χ0) is 14.8. The van der Waals surface area contributed by atoms with Crippen LogP contribution in [0, 0.1) is 0 Å². The van der Waals surface area contributed by atoms with Gasteiger partial charge in [0.25, 0.3) is 0 Å². The zero-order valence-corrected chi connectivity index (χ0v) is 16.3. The lowest BCUT2D eigenvalue weighted by molar-refractivity contribution is 0.273. The molecule has 1 saturated heterocycles. The Hall–Kier alpha value is -0.0800. The molecule has 0 bridgehead atoms. The van der Waals surface area contributed by atoms with Gasteiger partial charge in [-0.05, 0) is 45.9 Å². The standard InChI is InChI=1S/C15H33N5.HI/c1-4-6-10-19(3)12-9-17-15(16)18-13-14-8-7-11-20(14)5-2;/h14H,4-13H2,1-3H3,(H3,16,17,18);1H. The van der Waals surface area contributed by atoms with Crippen LogP contribution >= 0.6 is 24.0 Å². The molecular weight excluding hydrogens is 377 g/mol. The minimum absolute atomic E-state index is 0. The molecule has 126 valence electrons. The number of aliphatic imine (C=N–C) groups is 1. The summed E-state index contributed by atoms with van der Waals surface area (Å²) < 4.78 is 0. The second kappa shape index (κ2) is 12.5. The lowest BCUT2D eigenvalue weighted by Crippen LogP contribution is -2.39. The highest BCUT2D eigenvalue weighted by Gasteiger charge is 2.22. The van der Waals surface area contributed by atoms with Crippen LogP contribution in [0.25, 0.3) is 0 Å². The molecule has 1 heterocycles. The van der Waals surface area contributed by atoms with E-state index in [1.807, 2.05) is 0 Å². The Morgan fingerprint density at radius 1 is 1.38 bits per heavy atom. The SMILES string of the molecule is CCCCN(C)CCNC(N)=NCC1CCCN1CC.I. The van der Waals surface area contributed by atoms with Gasteiger partial charge in [-0.3, -0.25) is 9.89 Å². The fourth-order valence-electron chi connectivity index (χ4n) is 2.69. The normalized spacial score (nSPS) is 19.8. The number of hydrogen-bond acceptors (Lipinski definition) is 3. The Bertz CT molecular complexity index is 285. The lowest BCUT2D eigenvalue weighted by atomic mass is 10.2. The third-order valence-corrected chi connectivity index (χ3v) is 4.07. The van der Waals surface area contributed by atoms with Gasteiger partial charge in [0, 0.05) is 19.1 Å². The molecule has 1 atom stereocenters. The molecule has 3 N–H and O–H groups in total. The van der Waals surface area contributed by atoms with Gasteiger partial charge < -0.3 is 16.0 Å². The van der Waals surface area contributed by atoms with Crippen molar-refractivity contribution in [1.29, 1.82) is 0 Å². The number of guanidine groups is 1. The molecule has 0 radical (unpaired) electrons. The van der Waals surface area contributed by atoms with Crippen LogP contribution in [-0.4, -0.2) is 68.1 Å². The molecule has 0 amide bonds. The Kier molecular flexibility index (Phi) is 12.4. The predicted molar refractivity (Wildman–Crippen MR) is 103 cm³/mol. The van der Waals surface area contributed by atoms with E-state index >= 15 is 0 Å². The van der Waals surface area contributed by atoms with Gasteiger partial charge >= 0.3 is 0 Å². The van der Waals surface area contributed by atoms with Gasteiger partial charge in [-0.15, -0.1) is 24.0 Å². The number of unbranched alkanes of at least 4 members (excludes halogenated alkanes) is 1. The summed E-state index contributed by atoms with van der Waals surface area (Å²) in [6.45, 7) is 10.6. The first-order valence-corrected chi connectivity index (χ1v) is 8.13. The number of nitrogens with two attached hydrogens (primary N) is 1. The van der Waals surface area contributed by atoms with Crippen LogP contribution in [0.2, 0.25) is 0 Å². The minimum atomic E-state index is 0. The molecule has 0 saturated carbocycles. The van der Waals surface area contributed by atoms with Crippen molar-refractivity contribution in [1.82, 2.24) is 15.1 Å². The second-order valence-electron chi connectivity index (χ2n) is 5.73. The Balaban J connectivity index is 0.00000400. The van der Waals surface area contributed by atoms with Crippen LogP contribution in [-0.2, 0) is 0 Å². The molecule has 0 spiro atoms. The van der Waals surface area contributed by atoms with Gasteiger partial charge in [0.15, 0.2) is 5.96 Å². The highest BCUT2D eigenvalue weighted by atomic mass is 127. The van der Waals surface area contributed by atoms with E-state index in [4.69, 9.17) is 5.73 Å². The van der Waals surface area contributed by atoms with Gasteiger partial charge in [-0.2, -0.15) is 0 Å². The predicted octanol–water partition coefficient (Wildman–Crippen LogP) is 1.72. The van der Waals surface area contributed by atoms with Gasteiger partial charge in [0.05, 0.1) is 6.54 Å². The molecule has 1 fully saturated rings. The van der Waals surface area contributed by atoms with Crippen molar-refractivity contribution in [3.8, 4) is 0 Å². The van der Waals surface area contributed by atoms with Crippen LogP contribution < -0.4 is 11.1 Å². The van der Waals surface area contributed by atoms with Crippen molar-refractivity contribution in [2.75, 3.05) is 46.3 Å². The van der Waals surface area contributed by atoms with Crippen LogP contribution in [0.1, 0.15) is 39.5 Å². The molecule has 21 heavy (non-hydrogen) atoms. The molecule has 0 aromatic carbocycles. The molecule has 6 heteroatoms. The minimum Gasteiger partial charge on any atom is -0.370 e. The molecule has 1 rings (SSSR count). The van der Waals surface area contributed by atoms with Crippen LogP contribution in [0.4, 0.5) is 0 Å². The first-order valence-electron chi connectivity index (χ1n) is 8.13. The van der Waals surface area contributed by atoms with Crippen molar-refractivity contribution < 1.29 is 0 Å². The lowest BCUT2D eigenvalue weighted by Gasteiger charge is -2.21. The van der Waals surface area contributed by atoms with E-state index in [0.29, 0.717) is 12.0 Å². The summed E-state index contributed by atoms with van der Waals surface area (Å²) in [7, 11) is 2.16. The number of nitrogens with one attached hydrogen (secondary N) is 1. The summed E-state index contributed by atoms with van der Waals surface area (Å²) in [6, 6.07) is 0.590. The third-order valence-electron chi connectivity index (χ3n) is 4.07. The maximum absolute atomic E-state index is 5.93. The quantitative estimate of drug-likeness (QED) is 0.345. The Morgan fingerprint density at radius 2 is 2.14 bits per heavy atom. The van der Waals surface area contributed by atoms with E-state index in [1.54, 1.807) is 0 Å². The van der Waals surface area contributed by atoms with E-state index in [2.05, 4.69) is 41.0 Å². The second-order valence-corrected chi connectivity index (χ2v) is 5.73. The molecule has 0 aromatic rings. The van der Waals surface area contributed by atoms with E-state index in [9.17, 15) is 0 Å². The molecule has 0 aliphatic carbocycles. The summed E-state index contributed by atoms with van der Waals surface area (Å²) in [6.07, 6.45) is 5.05. The van der Waals surface area contributed by atoms with Crippen molar-refractivity contribution in [3.05, 3.63) is 0 Å². The summed E-state index contributed by atoms with van der Waals surface area (Å²) >= 11 is 0. The molecular formula is C15H34IN5. The highest BCUT2D eigenvalue weighted by Crippen LogP contribution is 2.16. The molecule has 0 aromatic heterocycles. The van der Waals surface area contributed by atoms with Gasteiger partial charge in [-0.1, -0.05) is 20.3 Å². The van der Waals surface area contributed by atoms with Crippen LogP contribution in [0.3, 0.4) is 0 Å².